The lowest BCUT2D eigenvalue weighted by atomic mass is 10.0. The number of halogens is 1. The third-order valence-corrected chi connectivity index (χ3v) is 5.50. The van der Waals surface area contributed by atoms with E-state index >= 15 is 0 Å². The van der Waals surface area contributed by atoms with Gasteiger partial charge in [-0.25, -0.2) is 4.98 Å². The van der Waals surface area contributed by atoms with Crippen molar-refractivity contribution in [3.63, 3.8) is 0 Å². The first-order valence-electron chi connectivity index (χ1n) is 10.00. The average molecular weight is 409 g/mol. The molecule has 1 aliphatic rings. The number of nitrogens with one attached hydrogen (secondary N) is 1. The number of nitrogens with zero attached hydrogens (tertiary/aromatic N) is 3. The molecule has 1 fully saturated rings. The van der Waals surface area contributed by atoms with E-state index in [1.165, 1.54) is 5.56 Å². The first-order valence-corrected chi connectivity index (χ1v) is 10.4. The van der Waals surface area contributed by atoms with Gasteiger partial charge in [0.15, 0.2) is 0 Å². The summed E-state index contributed by atoms with van der Waals surface area (Å²) in [7, 11) is 0. The van der Waals surface area contributed by atoms with Gasteiger partial charge in [0.1, 0.15) is 12.4 Å². The molecular formula is C23H25ClN4O. The van der Waals surface area contributed by atoms with Gasteiger partial charge in [-0.05, 0) is 37.1 Å². The predicted molar refractivity (Wildman–Crippen MR) is 116 cm³/mol. The minimum Gasteiger partial charge on any atom is -0.351 e. The molecule has 1 aromatic heterocycles. The number of hydrogen-bond donors (Lipinski definition) is 1. The molecule has 3 aromatic rings. The Kier molecular flexibility index (Phi) is 6.27. The van der Waals surface area contributed by atoms with Crippen LogP contribution < -0.4 is 5.32 Å². The molecular weight excluding hydrogens is 384 g/mol. The normalized spacial score (nSPS) is 17.2. The van der Waals surface area contributed by atoms with Gasteiger partial charge in [-0.3, -0.25) is 9.69 Å². The highest BCUT2D eigenvalue weighted by Crippen LogP contribution is 2.18. The molecule has 29 heavy (non-hydrogen) atoms. The Morgan fingerprint density at radius 3 is 2.72 bits per heavy atom. The minimum absolute atomic E-state index is 0.0264. The van der Waals surface area contributed by atoms with Crippen LogP contribution >= 0.6 is 11.6 Å². The molecule has 1 amide bonds. The molecule has 2 heterocycles. The Balaban J connectivity index is 1.33. The van der Waals surface area contributed by atoms with E-state index in [0.717, 1.165) is 48.9 Å². The Labute approximate surface area is 176 Å². The maximum Gasteiger partial charge on any atom is 0.240 e. The van der Waals surface area contributed by atoms with E-state index in [4.69, 9.17) is 11.6 Å². The van der Waals surface area contributed by atoms with Crippen LogP contribution in [0, 0.1) is 0 Å². The number of imidazole rings is 1. The van der Waals surface area contributed by atoms with Gasteiger partial charge in [-0.2, -0.15) is 0 Å². The largest absolute Gasteiger partial charge is 0.351 e. The summed E-state index contributed by atoms with van der Waals surface area (Å²) >= 11 is 5.98. The van der Waals surface area contributed by atoms with Crippen LogP contribution in [0.25, 0.3) is 11.4 Å². The van der Waals surface area contributed by atoms with Crippen LogP contribution in [0.4, 0.5) is 0 Å². The molecule has 1 aliphatic heterocycles. The van der Waals surface area contributed by atoms with Crippen molar-refractivity contribution in [2.75, 3.05) is 13.1 Å². The van der Waals surface area contributed by atoms with Crippen LogP contribution in [-0.4, -0.2) is 39.5 Å². The van der Waals surface area contributed by atoms with E-state index in [2.05, 4.69) is 27.3 Å². The van der Waals surface area contributed by atoms with Crippen molar-refractivity contribution in [2.24, 2.45) is 0 Å². The lowest BCUT2D eigenvalue weighted by Crippen LogP contribution is -2.48. The molecule has 1 unspecified atom stereocenters. The minimum atomic E-state index is 0.0264. The Hall–Kier alpha value is -2.63. The second-order valence-electron chi connectivity index (χ2n) is 7.51. The highest BCUT2D eigenvalue weighted by atomic mass is 35.5. The number of hydrogen-bond acceptors (Lipinski definition) is 3. The molecule has 1 atom stereocenters. The molecule has 4 rings (SSSR count). The number of aromatic nitrogens is 2. The number of amides is 1. The molecule has 1 saturated heterocycles. The second-order valence-corrected chi connectivity index (χ2v) is 7.95. The van der Waals surface area contributed by atoms with E-state index in [-0.39, 0.29) is 18.5 Å². The molecule has 0 aliphatic carbocycles. The summed E-state index contributed by atoms with van der Waals surface area (Å²) in [5.41, 5.74) is 2.25. The standard InChI is InChI=1S/C23H25ClN4O/c24-20-10-8-18(9-11-20)15-27-13-4-7-21(16-27)26-22(29)17-28-14-12-25-23(28)19-5-2-1-3-6-19/h1-3,5-6,8-12,14,21H,4,7,13,15-17H2,(H,26,29). The van der Waals surface area contributed by atoms with Crippen LogP contribution in [-0.2, 0) is 17.9 Å². The zero-order valence-corrected chi connectivity index (χ0v) is 17.1. The van der Waals surface area contributed by atoms with Crippen LogP contribution in [0.2, 0.25) is 5.02 Å². The van der Waals surface area contributed by atoms with Crippen LogP contribution in [0.3, 0.4) is 0 Å². The molecule has 0 saturated carbocycles. The fraction of sp³-hybridized carbons (Fsp3) is 0.304. The van der Waals surface area contributed by atoms with Gasteiger partial charge >= 0.3 is 0 Å². The molecule has 6 heteroatoms. The summed E-state index contributed by atoms with van der Waals surface area (Å²) in [6.45, 7) is 3.07. The molecule has 1 N–H and O–H groups in total. The van der Waals surface area contributed by atoms with Gasteiger partial charge < -0.3 is 9.88 Å². The summed E-state index contributed by atoms with van der Waals surface area (Å²) in [5.74, 6) is 0.840. The summed E-state index contributed by atoms with van der Waals surface area (Å²) in [6.07, 6.45) is 5.69. The number of piperidine rings is 1. The molecule has 2 aromatic carbocycles. The maximum atomic E-state index is 12.7. The quantitative estimate of drug-likeness (QED) is 0.671. The maximum absolute atomic E-state index is 12.7. The monoisotopic (exact) mass is 408 g/mol. The Morgan fingerprint density at radius 2 is 1.93 bits per heavy atom. The number of benzene rings is 2. The molecule has 5 nitrogen and oxygen atoms in total. The number of likely N-dealkylation sites (tertiary alicyclic amines) is 1. The van der Waals surface area contributed by atoms with Crippen molar-refractivity contribution in [1.82, 2.24) is 19.8 Å². The summed E-state index contributed by atoms with van der Waals surface area (Å²) in [4.78, 5) is 19.5. The van der Waals surface area contributed by atoms with Gasteiger partial charge in [0.25, 0.3) is 0 Å². The first-order chi connectivity index (χ1) is 14.2. The van der Waals surface area contributed by atoms with Crippen molar-refractivity contribution in [2.45, 2.75) is 32.0 Å². The van der Waals surface area contributed by atoms with E-state index in [1.54, 1.807) is 6.20 Å². The van der Waals surface area contributed by atoms with Gasteiger partial charge in [-0.15, -0.1) is 0 Å². The number of carbonyl (C=O) groups excluding carboxylic acids is 1. The first kappa shape index (κ1) is 19.7. The number of rotatable bonds is 6. The van der Waals surface area contributed by atoms with E-state index < -0.39 is 0 Å². The zero-order chi connectivity index (χ0) is 20.1. The van der Waals surface area contributed by atoms with Crippen LogP contribution in [0.1, 0.15) is 18.4 Å². The third-order valence-electron chi connectivity index (χ3n) is 5.25. The van der Waals surface area contributed by atoms with Crippen molar-refractivity contribution in [1.29, 1.82) is 0 Å². The van der Waals surface area contributed by atoms with Crippen molar-refractivity contribution < 1.29 is 4.79 Å². The summed E-state index contributed by atoms with van der Waals surface area (Å²) in [5, 5.41) is 3.97. The summed E-state index contributed by atoms with van der Waals surface area (Å²) in [6, 6.07) is 18.1. The zero-order valence-electron chi connectivity index (χ0n) is 16.3. The molecule has 0 spiro atoms. The highest BCUT2D eigenvalue weighted by Gasteiger charge is 2.22. The Bertz CT molecular complexity index is 939. The van der Waals surface area contributed by atoms with E-state index in [9.17, 15) is 4.79 Å². The van der Waals surface area contributed by atoms with Crippen molar-refractivity contribution in [3.05, 3.63) is 77.6 Å². The molecule has 0 radical (unpaired) electrons. The van der Waals surface area contributed by atoms with Crippen molar-refractivity contribution >= 4 is 17.5 Å². The third kappa shape index (κ3) is 5.25. The predicted octanol–water partition coefficient (Wildman–Crippen LogP) is 3.98. The average Bonchev–Trinajstić information content (AvgIpc) is 3.18. The highest BCUT2D eigenvalue weighted by molar-refractivity contribution is 6.30. The van der Waals surface area contributed by atoms with Gasteiger partial charge in [0.2, 0.25) is 5.91 Å². The molecule has 150 valence electrons. The fourth-order valence-corrected chi connectivity index (χ4v) is 4.00. The van der Waals surface area contributed by atoms with E-state index in [0.29, 0.717) is 0 Å². The summed E-state index contributed by atoms with van der Waals surface area (Å²) < 4.78 is 1.90. The fourth-order valence-electron chi connectivity index (χ4n) is 3.88. The Morgan fingerprint density at radius 1 is 1.14 bits per heavy atom. The topological polar surface area (TPSA) is 50.2 Å². The van der Waals surface area contributed by atoms with E-state index in [1.807, 2.05) is 53.2 Å². The lowest BCUT2D eigenvalue weighted by molar-refractivity contribution is -0.122. The lowest BCUT2D eigenvalue weighted by Gasteiger charge is -2.33. The SMILES string of the molecule is O=C(Cn1ccnc1-c1ccccc1)NC1CCCN(Cc2ccc(Cl)cc2)C1. The van der Waals surface area contributed by atoms with Crippen LogP contribution in [0.15, 0.2) is 67.0 Å². The molecule has 0 bridgehead atoms. The van der Waals surface area contributed by atoms with Crippen LogP contribution in [0.5, 0.6) is 0 Å². The van der Waals surface area contributed by atoms with Crippen molar-refractivity contribution in [3.8, 4) is 11.4 Å². The van der Waals surface area contributed by atoms with Gasteiger partial charge in [0, 0.05) is 42.1 Å². The van der Waals surface area contributed by atoms with Gasteiger partial charge in [-0.1, -0.05) is 54.1 Å². The van der Waals surface area contributed by atoms with Gasteiger partial charge in [0.05, 0.1) is 0 Å². The smallest absolute Gasteiger partial charge is 0.240 e. The second kappa shape index (κ2) is 9.25. The number of carbonyl (C=O) groups is 1.